The van der Waals surface area contributed by atoms with Gasteiger partial charge < -0.3 is 10.0 Å². The predicted molar refractivity (Wildman–Crippen MR) is 80.5 cm³/mol. The first-order valence-corrected chi connectivity index (χ1v) is 7.76. The van der Waals surface area contributed by atoms with Crippen LogP contribution in [0.1, 0.15) is 44.1 Å². The van der Waals surface area contributed by atoms with E-state index in [9.17, 15) is 9.90 Å². The van der Waals surface area contributed by atoms with E-state index < -0.39 is 5.60 Å². The van der Waals surface area contributed by atoms with Gasteiger partial charge in [-0.1, -0.05) is 17.7 Å². The lowest BCUT2D eigenvalue weighted by Crippen LogP contribution is -2.45. The predicted octanol–water partition coefficient (Wildman–Crippen LogP) is 2.39. The van der Waals surface area contributed by atoms with Crippen LogP contribution in [0.5, 0.6) is 0 Å². The lowest BCUT2D eigenvalue weighted by Gasteiger charge is -2.38. The molecule has 1 amide bonds. The fraction of sp³-hybridized carbons (Fsp3) is 0.529. The third-order valence-electron chi connectivity index (χ3n) is 4.66. The highest BCUT2D eigenvalue weighted by Gasteiger charge is 2.35. The van der Waals surface area contributed by atoms with Crippen LogP contribution in [0.3, 0.4) is 0 Å². The lowest BCUT2D eigenvalue weighted by molar-refractivity contribution is -0.135. The normalized spacial score (nSPS) is 21.2. The molecule has 0 bridgehead atoms. The van der Waals surface area contributed by atoms with Gasteiger partial charge in [-0.15, -0.1) is 0 Å². The van der Waals surface area contributed by atoms with Crippen molar-refractivity contribution in [3.05, 3.63) is 41.7 Å². The highest BCUT2D eigenvalue weighted by molar-refractivity contribution is 5.79. The lowest BCUT2D eigenvalue weighted by atomic mass is 9.85. The number of pyridine rings is 1. The van der Waals surface area contributed by atoms with Gasteiger partial charge in [-0.05, 0) is 38.2 Å². The molecule has 1 saturated heterocycles. The molecule has 1 N–H and O–H groups in total. The second kappa shape index (κ2) is 5.98. The van der Waals surface area contributed by atoms with E-state index in [-0.39, 0.29) is 5.91 Å². The van der Waals surface area contributed by atoms with Gasteiger partial charge in [0, 0.05) is 37.5 Å². The summed E-state index contributed by atoms with van der Waals surface area (Å²) in [5, 5.41) is 10.7. The van der Waals surface area contributed by atoms with Crippen LogP contribution in [0.4, 0.5) is 0 Å². The zero-order chi connectivity index (χ0) is 14.7. The number of aliphatic hydroxyl groups is 1. The Kier molecular flexibility index (Phi) is 4.06. The number of hydrogen-bond donors (Lipinski definition) is 1. The van der Waals surface area contributed by atoms with Crippen LogP contribution in [0.25, 0.3) is 0 Å². The van der Waals surface area contributed by atoms with Crippen LogP contribution in [0, 0.1) is 0 Å². The van der Waals surface area contributed by atoms with Crippen molar-refractivity contribution in [3.8, 4) is 0 Å². The molecule has 21 heavy (non-hydrogen) atoms. The summed E-state index contributed by atoms with van der Waals surface area (Å²) in [4.78, 5) is 18.3. The van der Waals surface area contributed by atoms with Gasteiger partial charge in [0.15, 0.2) is 0 Å². The molecule has 1 aliphatic heterocycles. The maximum absolute atomic E-state index is 12.3. The first-order valence-electron chi connectivity index (χ1n) is 7.76. The average molecular weight is 286 g/mol. The van der Waals surface area contributed by atoms with Crippen LogP contribution >= 0.6 is 0 Å². The van der Waals surface area contributed by atoms with Crippen molar-refractivity contribution >= 4 is 5.91 Å². The summed E-state index contributed by atoms with van der Waals surface area (Å²) in [6.07, 6.45) is 10.7. The van der Waals surface area contributed by atoms with Gasteiger partial charge >= 0.3 is 0 Å². The molecule has 0 saturated carbocycles. The summed E-state index contributed by atoms with van der Waals surface area (Å²) in [5.41, 5.74) is 1.31. The molecule has 0 aromatic carbocycles. The Hall–Kier alpha value is -1.68. The number of carbonyl (C=O) groups excluding carboxylic acids is 1. The van der Waals surface area contributed by atoms with Crippen LogP contribution in [-0.2, 0) is 10.4 Å². The minimum Gasteiger partial charge on any atom is -0.385 e. The molecule has 4 heteroatoms. The van der Waals surface area contributed by atoms with E-state index in [1.54, 1.807) is 12.4 Å². The van der Waals surface area contributed by atoms with Gasteiger partial charge in [-0.25, -0.2) is 0 Å². The molecule has 1 aromatic rings. The molecule has 2 heterocycles. The molecule has 3 rings (SSSR count). The van der Waals surface area contributed by atoms with Crippen molar-refractivity contribution in [3.63, 3.8) is 0 Å². The van der Waals surface area contributed by atoms with Crippen LogP contribution < -0.4 is 0 Å². The quantitative estimate of drug-likeness (QED) is 0.868. The number of amides is 1. The van der Waals surface area contributed by atoms with E-state index >= 15 is 0 Å². The van der Waals surface area contributed by atoms with E-state index in [0.29, 0.717) is 32.4 Å². The highest BCUT2D eigenvalue weighted by Crippen LogP contribution is 2.33. The van der Waals surface area contributed by atoms with E-state index in [4.69, 9.17) is 0 Å². The Morgan fingerprint density at radius 1 is 1.38 bits per heavy atom. The first-order chi connectivity index (χ1) is 10.2. The summed E-state index contributed by atoms with van der Waals surface area (Å²) in [6, 6.07) is 3.76. The zero-order valence-corrected chi connectivity index (χ0v) is 12.3. The van der Waals surface area contributed by atoms with Crippen molar-refractivity contribution in [2.45, 2.75) is 44.1 Å². The Labute approximate surface area is 125 Å². The van der Waals surface area contributed by atoms with Crippen molar-refractivity contribution in [2.24, 2.45) is 0 Å². The molecule has 2 aliphatic rings. The zero-order valence-electron chi connectivity index (χ0n) is 12.3. The van der Waals surface area contributed by atoms with Crippen molar-refractivity contribution in [1.82, 2.24) is 9.88 Å². The molecule has 0 atom stereocenters. The second-order valence-electron chi connectivity index (χ2n) is 6.09. The topological polar surface area (TPSA) is 53.4 Å². The molecular formula is C17H22N2O2. The minimum absolute atomic E-state index is 0.205. The van der Waals surface area contributed by atoms with Crippen molar-refractivity contribution in [1.29, 1.82) is 0 Å². The van der Waals surface area contributed by atoms with Crippen molar-refractivity contribution < 1.29 is 9.90 Å². The number of carbonyl (C=O) groups is 1. The van der Waals surface area contributed by atoms with Crippen molar-refractivity contribution in [2.75, 3.05) is 13.1 Å². The maximum Gasteiger partial charge on any atom is 0.226 e. The Bertz CT molecular complexity index is 531. The minimum atomic E-state index is -0.836. The first kappa shape index (κ1) is 14.3. The van der Waals surface area contributed by atoms with Gasteiger partial charge in [0.2, 0.25) is 5.91 Å². The standard InChI is InChI=1S/C17H22N2O2/c20-16(12-14-4-1-2-5-14)19-10-7-17(21,8-11-19)15-6-3-9-18-13-15/h3-4,6,9,13,21H,1-2,5,7-8,10-12H2. The van der Waals surface area contributed by atoms with Gasteiger partial charge in [-0.3, -0.25) is 9.78 Å². The van der Waals surface area contributed by atoms with Gasteiger partial charge in [0.1, 0.15) is 0 Å². The summed E-state index contributed by atoms with van der Waals surface area (Å²) >= 11 is 0. The summed E-state index contributed by atoms with van der Waals surface area (Å²) < 4.78 is 0. The molecule has 1 aliphatic carbocycles. The van der Waals surface area contributed by atoms with E-state index in [1.165, 1.54) is 12.0 Å². The third-order valence-corrected chi connectivity index (χ3v) is 4.66. The molecule has 0 spiro atoms. The Morgan fingerprint density at radius 2 is 2.19 bits per heavy atom. The highest BCUT2D eigenvalue weighted by atomic mass is 16.3. The van der Waals surface area contributed by atoms with Crippen LogP contribution in [0.15, 0.2) is 36.2 Å². The smallest absolute Gasteiger partial charge is 0.226 e. The largest absolute Gasteiger partial charge is 0.385 e. The third kappa shape index (κ3) is 3.16. The molecule has 0 unspecified atom stereocenters. The average Bonchev–Trinajstić information content (AvgIpc) is 3.02. The second-order valence-corrected chi connectivity index (χ2v) is 6.09. The van der Waals surface area contributed by atoms with Gasteiger partial charge in [0.25, 0.3) is 0 Å². The van der Waals surface area contributed by atoms with E-state index in [0.717, 1.165) is 18.4 Å². The molecule has 1 aromatic heterocycles. The molecule has 4 nitrogen and oxygen atoms in total. The fourth-order valence-corrected chi connectivity index (χ4v) is 3.26. The number of aromatic nitrogens is 1. The summed E-state index contributed by atoms with van der Waals surface area (Å²) in [7, 11) is 0. The number of likely N-dealkylation sites (tertiary alicyclic amines) is 1. The monoisotopic (exact) mass is 286 g/mol. The molecular weight excluding hydrogens is 264 g/mol. The van der Waals surface area contributed by atoms with Crippen LogP contribution in [-0.4, -0.2) is 34.0 Å². The number of piperidine rings is 1. The maximum atomic E-state index is 12.3. The number of allylic oxidation sites excluding steroid dienone is 1. The Morgan fingerprint density at radius 3 is 2.81 bits per heavy atom. The van der Waals surface area contributed by atoms with E-state index in [1.807, 2.05) is 17.0 Å². The summed E-state index contributed by atoms with van der Waals surface area (Å²) in [5.74, 6) is 0.205. The summed E-state index contributed by atoms with van der Waals surface area (Å²) in [6.45, 7) is 1.25. The fourth-order valence-electron chi connectivity index (χ4n) is 3.26. The van der Waals surface area contributed by atoms with Gasteiger partial charge in [-0.2, -0.15) is 0 Å². The van der Waals surface area contributed by atoms with Crippen LogP contribution in [0.2, 0.25) is 0 Å². The van der Waals surface area contributed by atoms with E-state index in [2.05, 4.69) is 11.1 Å². The number of nitrogens with zero attached hydrogens (tertiary/aromatic N) is 2. The Balaban J connectivity index is 1.58. The van der Waals surface area contributed by atoms with Gasteiger partial charge in [0.05, 0.1) is 5.60 Å². The molecule has 0 radical (unpaired) electrons. The number of hydrogen-bond acceptors (Lipinski definition) is 3. The number of rotatable bonds is 3. The SMILES string of the molecule is O=C(CC1=CCCC1)N1CCC(O)(c2cccnc2)CC1. The molecule has 1 fully saturated rings. The molecule has 112 valence electrons.